The van der Waals surface area contributed by atoms with E-state index < -0.39 is 10.0 Å². The number of hydrogen-bond acceptors (Lipinski definition) is 3. The zero-order chi connectivity index (χ0) is 20.9. The lowest BCUT2D eigenvalue weighted by molar-refractivity contribution is -0.119. The Morgan fingerprint density at radius 2 is 1.61 bits per heavy atom. The Morgan fingerprint density at radius 1 is 0.964 bits per heavy atom. The number of nitrogens with one attached hydrogen (secondary N) is 1. The van der Waals surface area contributed by atoms with Crippen LogP contribution in [0.5, 0.6) is 0 Å². The topological polar surface area (TPSA) is 66.5 Å². The first-order valence-corrected chi connectivity index (χ1v) is 11.4. The van der Waals surface area contributed by atoms with Gasteiger partial charge in [0.25, 0.3) is 0 Å². The molecule has 2 aromatic rings. The summed E-state index contributed by atoms with van der Waals surface area (Å²) in [5.41, 5.74) is 5.90. The molecule has 0 fully saturated rings. The van der Waals surface area contributed by atoms with E-state index in [1.165, 1.54) is 11.1 Å². The average molecular weight is 403 g/mol. The van der Waals surface area contributed by atoms with E-state index in [1.807, 2.05) is 19.9 Å². The molecule has 5 nitrogen and oxygen atoms in total. The lowest BCUT2D eigenvalue weighted by Gasteiger charge is -2.23. The Kier molecular flexibility index (Phi) is 7.24. The molecule has 0 bridgehead atoms. The molecule has 0 unspecified atom stereocenters. The second kappa shape index (κ2) is 9.24. The lowest BCUT2D eigenvalue weighted by atomic mass is 10.0. The van der Waals surface area contributed by atoms with Crippen LogP contribution in [0.25, 0.3) is 0 Å². The van der Waals surface area contributed by atoms with Gasteiger partial charge in [0.1, 0.15) is 6.54 Å². The smallest absolute Gasteiger partial charge is 0.241 e. The number of anilines is 1. The minimum atomic E-state index is -3.58. The molecule has 152 valence electrons. The van der Waals surface area contributed by atoms with Crippen molar-refractivity contribution in [3.05, 3.63) is 64.2 Å². The fraction of sp³-hybridized carbons (Fsp3) is 0.409. The zero-order valence-corrected chi connectivity index (χ0v) is 18.2. The normalized spacial score (nSPS) is 11.3. The third-order valence-corrected chi connectivity index (χ3v) is 5.86. The highest BCUT2D eigenvalue weighted by molar-refractivity contribution is 7.92. The van der Waals surface area contributed by atoms with Crippen LogP contribution in [-0.2, 0) is 34.2 Å². The Balaban J connectivity index is 2.17. The van der Waals surface area contributed by atoms with Gasteiger partial charge in [-0.05, 0) is 66.6 Å². The number of nitrogens with zero attached hydrogens (tertiary/aromatic N) is 1. The van der Waals surface area contributed by atoms with Gasteiger partial charge in [0, 0.05) is 6.54 Å². The highest BCUT2D eigenvalue weighted by Gasteiger charge is 2.21. The molecule has 28 heavy (non-hydrogen) atoms. The minimum Gasteiger partial charge on any atom is -0.350 e. The number of benzene rings is 2. The third-order valence-electron chi connectivity index (χ3n) is 4.72. The maximum absolute atomic E-state index is 12.6. The van der Waals surface area contributed by atoms with E-state index in [9.17, 15) is 13.2 Å². The molecule has 0 radical (unpaired) electrons. The first-order chi connectivity index (χ1) is 13.1. The average Bonchev–Trinajstić information content (AvgIpc) is 2.62. The van der Waals surface area contributed by atoms with Crippen LogP contribution in [-0.4, -0.2) is 27.1 Å². The van der Waals surface area contributed by atoms with Gasteiger partial charge in [-0.25, -0.2) is 8.42 Å². The van der Waals surface area contributed by atoms with Crippen molar-refractivity contribution in [1.29, 1.82) is 0 Å². The third kappa shape index (κ3) is 5.83. The molecule has 0 saturated heterocycles. The number of hydrogen-bond donors (Lipinski definition) is 1. The molecule has 0 aromatic heterocycles. The van der Waals surface area contributed by atoms with Crippen LogP contribution in [0.1, 0.15) is 41.7 Å². The summed E-state index contributed by atoms with van der Waals surface area (Å²) in [6, 6.07) is 11.8. The van der Waals surface area contributed by atoms with E-state index in [-0.39, 0.29) is 12.5 Å². The summed E-state index contributed by atoms with van der Waals surface area (Å²) in [4.78, 5) is 12.6. The summed E-state index contributed by atoms with van der Waals surface area (Å²) >= 11 is 0. The van der Waals surface area contributed by atoms with Gasteiger partial charge in [0.05, 0.1) is 11.9 Å². The van der Waals surface area contributed by atoms with Crippen molar-refractivity contribution in [3.63, 3.8) is 0 Å². The van der Waals surface area contributed by atoms with E-state index in [2.05, 4.69) is 37.4 Å². The van der Waals surface area contributed by atoms with E-state index >= 15 is 0 Å². The summed E-state index contributed by atoms with van der Waals surface area (Å²) in [7, 11) is -3.58. The monoisotopic (exact) mass is 402 g/mol. The predicted molar refractivity (Wildman–Crippen MR) is 115 cm³/mol. The standard InChI is InChI=1S/C22H30N2O3S/c1-6-18-8-9-19(7-2)20(13-18)14-23-22(25)15-24(28(5,26)27)21-11-16(3)10-17(4)12-21/h8-13H,6-7,14-15H2,1-5H3,(H,23,25). The van der Waals surface area contributed by atoms with Gasteiger partial charge in [-0.1, -0.05) is 38.1 Å². The van der Waals surface area contributed by atoms with Crippen LogP contribution in [0.15, 0.2) is 36.4 Å². The van der Waals surface area contributed by atoms with Crippen molar-refractivity contribution in [3.8, 4) is 0 Å². The van der Waals surface area contributed by atoms with E-state index in [0.717, 1.165) is 40.1 Å². The first kappa shape index (κ1) is 22.0. The predicted octanol–water partition coefficient (Wildman–Crippen LogP) is 3.51. The van der Waals surface area contributed by atoms with Crippen molar-refractivity contribution in [2.75, 3.05) is 17.1 Å². The molecule has 1 amide bonds. The van der Waals surface area contributed by atoms with Crippen LogP contribution in [0.4, 0.5) is 5.69 Å². The van der Waals surface area contributed by atoms with Gasteiger partial charge in [0.15, 0.2) is 0 Å². The van der Waals surface area contributed by atoms with Gasteiger partial charge >= 0.3 is 0 Å². The number of carbonyl (C=O) groups excluding carboxylic acids is 1. The van der Waals surface area contributed by atoms with Gasteiger partial charge in [-0.15, -0.1) is 0 Å². The van der Waals surface area contributed by atoms with Crippen molar-refractivity contribution in [1.82, 2.24) is 5.32 Å². The Hall–Kier alpha value is -2.34. The van der Waals surface area contributed by atoms with Crippen molar-refractivity contribution >= 4 is 21.6 Å². The van der Waals surface area contributed by atoms with E-state index in [1.54, 1.807) is 12.1 Å². The molecule has 6 heteroatoms. The Labute approximate surface area is 168 Å². The van der Waals surface area contributed by atoms with Crippen LogP contribution < -0.4 is 9.62 Å². The number of rotatable bonds is 8. The maximum Gasteiger partial charge on any atom is 0.241 e. The summed E-state index contributed by atoms with van der Waals surface area (Å²) < 4.78 is 25.7. The molecule has 0 saturated carbocycles. The summed E-state index contributed by atoms with van der Waals surface area (Å²) in [5.74, 6) is -0.325. The molecule has 2 aromatic carbocycles. The summed E-state index contributed by atoms with van der Waals surface area (Å²) in [6.07, 6.45) is 2.94. The van der Waals surface area contributed by atoms with Gasteiger partial charge in [-0.2, -0.15) is 0 Å². The number of amides is 1. The highest BCUT2D eigenvalue weighted by atomic mass is 32.2. The number of aryl methyl sites for hydroxylation is 4. The molecule has 0 atom stereocenters. The van der Waals surface area contributed by atoms with E-state index in [0.29, 0.717) is 12.2 Å². The van der Waals surface area contributed by atoms with Crippen LogP contribution in [0.3, 0.4) is 0 Å². The lowest BCUT2D eigenvalue weighted by Crippen LogP contribution is -2.40. The maximum atomic E-state index is 12.6. The van der Waals surface area contributed by atoms with Crippen LogP contribution in [0.2, 0.25) is 0 Å². The summed E-state index contributed by atoms with van der Waals surface area (Å²) in [6.45, 7) is 8.14. The molecular weight excluding hydrogens is 372 g/mol. The summed E-state index contributed by atoms with van der Waals surface area (Å²) in [5, 5.41) is 2.88. The van der Waals surface area contributed by atoms with Gasteiger partial charge < -0.3 is 5.32 Å². The molecule has 0 spiro atoms. The minimum absolute atomic E-state index is 0.239. The molecule has 1 N–H and O–H groups in total. The number of carbonyl (C=O) groups is 1. The van der Waals surface area contributed by atoms with E-state index in [4.69, 9.17) is 0 Å². The van der Waals surface area contributed by atoms with Gasteiger partial charge in [0.2, 0.25) is 15.9 Å². The second-order valence-electron chi connectivity index (χ2n) is 7.20. The fourth-order valence-corrected chi connectivity index (χ4v) is 4.12. The van der Waals surface area contributed by atoms with Gasteiger partial charge in [-0.3, -0.25) is 9.10 Å². The van der Waals surface area contributed by atoms with Crippen LogP contribution >= 0.6 is 0 Å². The molecule has 0 aliphatic carbocycles. The molecule has 0 aliphatic rings. The molecular formula is C22H30N2O3S. The first-order valence-electron chi connectivity index (χ1n) is 9.57. The SMILES string of the molecule is CCc1ccc(CC)c(CNC(=O)CN(c2cc(C)cc(C)c2)S(C)(=O)=O)c1. The van der Waals surface area contributed by atoms with Crippen molar-refractivity contribution in [2.45, 2.75) is 47.1 Å². The Bertz CT molecular complexity index is 932. The van der Waals surface area contributed by atoms with Crippen LogP contribution in [0, 0.1) is 13.8 Å². The molecule has 0 aliphatic heterocycles. The van der Waals surface area contributed by atoms with Crippen molar-refractivity contribution in [2.24, 2.45) is 0 Å². The number of sulfonamides is 1. The highest BCUT2D eigenvalue weighted by Crippen LogP contribution is 2.21. The largest absolute Gasteiger partial charge is 0.350 e. The Morgan fingerprint density at radius 3 is 2.14 bits per heavy atom. The quantitative estimate of drug-likeness (QED) is 0.735. The zero-order valence-electron chi connectivity index (χ0n) is 17.4. The molecule has 2 rings (SSSR count). The second-order valence-corrected chi connectivity index (χ2v) is 9.11. The molecule has 0 heterocycles. The van der Waals surface area contributed by atoms with Crippen molar-refractivity contribution < 1.29 is 13.2 Å². The fourth-order valence-electron chi connectivity index (χ4n) is 3.28.